The number of aryl methyl sites for hydroxylation is 1. The highest BCUT2D eigenvalue weighted by Crippen LogP contribution is 2.16. The zero-order valence-electron chi connectivity index (χ0n) is 11.6. The molecule has 0 aromatic carbocycles. The molecular formula is C14H22N2O2S. The van der Waals surface area contributed by atoms with Crippen molar-refractivity contribution >= 4 is 17.2 Å². The lowest BCUT2D eigenvalue weighted by molar-refractivity contribution is -0.137. The summed E-state index contributed by atoms with van der Waals surface area (Å²) in [5.74, 6) is 0.176. The van der Waals surface area contributed by atoms with Crippen LogP contribution in [0.15, 0.2) is 12.1 Å². The first-order valence-electron chi connectivity index (χ1n) is 6.88. The molecule has 4 nitrogen and oxygen atoms in total. The summed E-state index contributed by atoms with van der Waals surface area (Å²) in [7, 11) is 0. The molecule has 2 rings (SSSR count). The van der Waals surface area contributed by atoms with Gasteiger partial charge in [-0.25, -0.2) is 0 Å². The van der Waals surface area contributed by atoms with Gasteiger partial charge in [0.1, 0.15) is 0 Å². The fraction of sp³-hybridized carbons (Fsp3) is 0.643. The molecule has 1 aromatic heterocycles. The molecule has 1 atom stereocenters. The van der Waals surface area contributed by atoms with Gasteiger partial charge < -0.3 is 15.0 Å². The van der Waals surface area contributed by atoms with Gasteiger partial charge >= 0.3 is 0 Å². The van der Waals surface area contributed by atoms with E-state index in [-0.39, 0.29) is 11.9 Å². The molecule has 0 aliphatic carbocycles. The normalized spacial score (nSPS) is 17.5. The summed E-state index contributed by atoms with van der Waals surface area (Å²) in [5.41, 5.74) is 0. The number of hydrogen-bond donors (Lipinski definition) is 1. The van der Waals surface area contributed by atoms with Crippen molar-refractivity contribution in [2.45, 2.75) is 32.9 Å². The summed E-state index contributed by atoms with van der Waals surface area (Å²) < 4.78 is 5.26. The van der Waals surface area contributed by atoms with Crippen molar-refractivity contribution in [2.24, 2.45) is 0 Å². The first kappa shape index (κ1) is 14.5. The molecule has 19 heavy (non-hydrogen) atoms. The Morgan fingerprint density at radius 2 is 2.11 bits per heavy atom. The van der Waals surface area contributed by atoms with Crippen LogP contribution in [0, 0.1) is 0 Å². The Morgan fingerprint density at radius 3 is 2.74 bits per heavy atom. The largest absolute Gasteiger partial charge is 0.378 e. The lowest BCUT2D eigenvalue weighted by atomic mass is 10.2. The van der Waals surface area contributed by atoms with Crippen molar-refractivity contribution in [3.05, 3.63) is 21.9 Å². The molecule has 0 saturated carbocycles. The molecule has 0 spiro atoms. The molecule has 0 bridgehead atoms. The van der Waals surface area contributed by atoms with Gasteiger partial charge in [-0.2, -0.15) is 0 Å². The molecule has 1 unspecified atom stereocenters. The molecular weight excluding hydrogens is 260 g/mol. The molecule has 1 fully saturated rings. The van der Waals surface area contributed by atoms with Crippen LogP contribution in [0.5, 0.6) is 0 Å². The van der Waals surface area contributed by atoms with E-state index in [4.69, 9.17) is 4.74 Å². The topological polar surface area (TPSA) is 41.6 Å². The van der Waals surface area contributed by atoms with Gasteiger partial charge in [0.05, 0.1) is 19.3 Å². The van der Waals surface area contributed by atoms with Gasteiger partial charge in [0.15, 0.2) is 0 Å². The lowest BCUT2D eigenvalue weighted by Crippen LogP contribution is -2.48. The van der Waals surface area contributed by atoms with Crippen LogP contribution in [-0.2, 0) is 22.5 Å². The van der Waals surface area contributed by atoms with E-state index in [9.17, 15) is 4.79 Å². The van der Waals surface area contributed by atoms with Gasteiger partial charge in [-0.15, -0.1) is 11.3 Å². The minimum absolute atomic E-state index is 0.134. The molecule has 2 heterocycles. The lowest BCUT2D eigenvalue weighted by Gasteiger charge is -2.29. The van der Waals surface area contributed by atoms with Gasteiger partial charge in [-0.1, -0.05) is 6.92 Å². The maximum Gasteiger partial charge on any atom is 0.239 e. The second-order valence-electron chi connectivity index (χ2n) is 4.76. The van der Waals surface area contributed by atoms with E-state index in [0.29, 0.717) is 26.3 Å². The molecule has 1 saturated heterocycles. The molecule has 0 radical (unpaired) electrons. The van der Waals surface area contributed by atoms with Gasteiger partial charge in [-0.05, 0) is 25.5 Å². The molecule has 1 N–H and O–H groups in total. The van der Waals surface area contributed by atoms with Gasteiger partial charge in [-0.3, -0.25) is 4.79 Å². The number of carbonyl (C=O) groups is 1. The highest BCUT2D eigenvalue weighted by Gasteiger charge is 2.21. The Hall–Kier alpha value is -0.910. The number of nitrogens with one attached hydrogen (secondary N) is 1. The summed E-state index contributed by atoms with van der Waals surface area (Å²) in [6, 6.07) is 4.17. The predicted molar refractivity (Wildman–Crippen MR) is 77.4 cm³/mol. The number of ether oxygens (including phenoxy) is 1. The van der Waals surface area contributed by atoms with E-state index in [2.05, 4.69) is 24.4 Å². The van der Waals surface area contributed by atoms with E-state index in [0.717, 1.165) is 13.0 Å². The Labute approximate surface area is 118 Å². The van der Waals surface area contributed by atoms with Gasteiger partial charge in [0, 0.05) is 29.4 Å². The number of morpholine rings is 1. The number of hydrogen-bond acceptors (Lipinski definition) is 4. The van der Waals surface area contributed by atoms with Crippen molar-refractivity contribution in [1.29, 1.82) is 0 Å². The second-order valence-corrected chi connectivity index (χ2v) is 6.01. The molecule has 5 heteroatoms. The van der Waals surface area contributed by atoms with E-state index in [1.165, 1.54) is 9.75 Å². The van der Waals surface area contributed by atoms with Crippen molar-refractivity contribution in [3.8, 4) is 0 Å². The number of carbonyl (C=O) groups excluding carboxylic acids is 1. The van der Waals surface area contributed by atoms with E-state index >= 15 is 0 Å². The Balaban J connectivity index is 1.79. The zero-order valence-corrected chi connectivity index (χ0v) is 12.5. The van der Waals surface area contributed by atoms with Crippen LogP contribution >= 0.6 is 11.3 Å². The smallest absolute Gasteiger partial charge is 0.239 e. The number of nitrogens with zero attached hydrogens (tertiary/aromatic N) is 1. The summed E-state index contributed by atoms with van der Waals surface area (Å²) in [6.07, 6.45) is 1.08. The van der Waals surface area contributed by atoms with Crippen molar-refractivity contribution in [1.82, 2.24) is 10.2 Å². The fourth-order valence-electron chi connectivity index (χ4n) is 2.11. The Kier molecular flexibility index (Phi) is 5.36. The molecule has 1 amide bonds. The average Bonchev–Trinajstić information content (AvgIpc) is 2.93. The quantitative estimate of drug-likeness (QED) is 0.893. The van der Waals surface area contributed by atoms with Crippen molar-refractivity contribution in [2.75, 3.05) is 26.3 Å². The van der Waals surface area contributed by atoms with Crippen LogP contribution < -0.4 is 5.32 Å². The molecule has 1 aliphatic heterocycles. The number of amides is 1. The van der Waals surface area contributed by atoms with E-state index in [1.54, 1.807) is 0 Å². The third kappa shape index (κ3) is 4.03. The van der Waals surface area contributed by atoms with Crippen LogP contribution in [0.1, 0.15) is 23.6 Å². The maximum atomic E-state index is 12.2. The van der Waals surface area contributed by atoms with Crippen LogP contribution in [0.25, 0.3) is 0 Å². The van der Waals surface area contributed by atoms with Crippen LogP contribution in [0.3, 0.4) is 0 Å². The Morgan fingerprint density at radius 1 is 1.42 bits per heavy atom. The highest BCUT2D eigenvalue weighted by molar-refractivity contribution is 7.11. The second kappa shape index (κ2) is 7.03. The Bertz CT molecular complexity index is 413. The SMILES string of the molecule is CCc1ccc(CNC(C)C(=O)N2CCOCC2)s1. The minimum Gasteiger partial charge on any atom is -0.378 e. The summed E-state index contributed by atoms with van der Waals surface area (Å²) in [4.78, 5) is 16.8. The van der Waals surface area contributed by atoms with Crippen molar-refractivity contribution < 1.29 is 9.53 Å². The standard InChI is InChI=1S/C14H22N2O2S/c1-3-12-4-5-13(19-12)10-15-11(2)14(17)16-6-8-18-9-7-16/h4-5,11,15H,3,6-10H2,1-2H3. The van der Waals surface area contributed by atoms with E-state index in [1.807, 2.05) is 23.2 Å². The molecule has 1 aliphatic rings. The third-order valence-electron chi connectivity index (χ3n) is 3.34. The van der Waals surface area contributed by atoms with Crippen LogP contribution in [-0.4, -0.2) is 43.2 Å². The third-order valence-corrected chi connectivity index (χ3v) is 4.57. The maximum absolute atomic E-state index is 12.2. The predicted octanol–water partition coefficient (Wildman–Crippen LogP) is 1.65. The van der Waals surface area contributed by atoms with Gasteiger partial charge in [0.2, 0.25) is 5.91 Å². The summed E-state index contributed by atoms with van der Waals surface area (Å²) >= 11 is 1.81. The first-order valence-corrected chi connectivity index (χ1v) is 7.70. The number of rotatable bonds is 5. The molecule has 1 aromatic rings. The monoisotopic (exact) mass is 282 g/mol. The van der Waals surface area contributed by atoms with Gasteiger partial charge in [0.25, 0.3) is 0 Å². The van der Waals surface area contributed by atoms with Crippen LogP contribution in [0.4, 0.5) is 0 Å². The zero-order chi connectivity index (χ0) is 13.7. The van der Waals surface area contributed by atoms with E-state index < -0.39 is 0 Å². The summed E-state index contributed by atoms with van der Waals surface area (Å²) in [6.45, 7) is 7.60. The van der Waals surface area contributed by atoms with Crippen LogP contribution in [0.2, 0.25) is 0 Å². The fourth-order valence-corrected chi connectivity index (χ4v) is 3.01. The van der Waals surface area contributed by atoms with Crippen molar-refractivity contribution in [3.63, 3.8) is 0 Å². The highest BCUT2D eigenvalue weighted by atomic mass is 32.1. The summed E-state index contributed by atoms with van der Waals surface area (Å²) in [5, 5.41) is 3.31. The minimum atomic E-state index is -0.134. The average molecular weight is 282 g/mol. The molecule has 106 valence electrons. The number of thiophene rings is 1. The first-order chi connectivity index (χ1) is 9.20.